The second-order valence-corrected chi connectivity index (χ2v) is 9.03. The van der Waals surface area contributed by atoms with E-state index in [-0.39, 0.29) is 0 Å². The molecule has 0 unspecified atom stereocenters. The van der Waals surface area contributed by atoms with E-state index in [1.807, 2.05) is 0 Å². The third-order valence-corrected chi connectivity index (χ3v) is 6.68. The summed E-state index contributed by atoms with van der Waals surface area (Å²) in [5.41, 5.74) is 5.75. The molecule has 1 fully saturated rings. The van der Waals surface area contributed by atoms with Crippen molar-refractivity contribution in [3.63, 3.8) is 0 Å². The first kappa shape index (κ1) is 22.8. The summed E-state index contributed by atoms with van der Waals surface area (Å²) in [5.74, 6) is 1.70. The van der Waals surface area contributed by atoms with Crippen LogP contribution in [-0.2, 0) is 24.2 Å². The lowest BCUT2D eigenvalue weighted by atomic mass is 9.77. The van der Waals surface area contributed by atoms with Crippen LogP contribution < -0.4 is 0 Å². The van der Waals surface area contributed by atoms with Crippen molar-refractivity contribution in [1.29, 1.82) is 0 Å². The Morgan fingerprint density at radius 1 is 0.767 bits per heavy atom. The molecule has 0 amide bonds. The minimum Gasteiger partial charge on any atom is -0.380 e. The third-order valence-electron chi connectivity index (χ3n) is 6.68. The third kappa shape index (κ3) is 7.43. The van der Waals surface area contributed by atoms with Crippen LogP contribution >= 0.6 is 0 Å². The summed E-state index contributed by atoms with van der Waals surface area (Å²) in [6, 6.07) is 18.4. The van der Waals surface area contributed by atoms with Crippen molar-refractivity contribution < 1.29 is 4.74 Å². The second kappa shape index (κ2) is 12.7. The number of hydrogen-bond acceptors (Lipinski definition) is 1. The van der Waals surface area contributed by atoms with Gasteiger partial charge in [0.15, 0.2) is 0 Å². The lowest BCUT2D eigenvalue weighted by Crippen LogP contribution is -2.12. The van der Waals surface area contributed by atoms with Gasteiger partial charge < -0.3 is 4.74 Å². The van der Waals surface area contributed by atoms with Gasteiger partial charge in [-0.05, 0) is 98.3 Å². The van der Waals surface area contributed by atoms with E-state index in [1.54, 1.807) is 12.7 Å². The molecule has 0 atom stereocenters. The van der Waals surface area contributed by atoms with Gasteiger partial charge in [-0.25, -0.2) is 0 Å². The summed E-state index contributed by atoms with van der Waals surface area (Å²) in [4.78, 5) is 0. The Kier molecular flexibility index (Phi) is 9.70. The van der Waals surface area contributed by atoms with E-state index >= 15 is 0 Å². The molecule has 1 aliphatic rings. The lowest BCUT2D eigenvalue weighted by Gasteiger charge is -2.28. The Balaban J connectivity index is 1.36. The van der Waals surface area contributed by atoms with Gasteiger partial charge in [0.2, 0.25) is 0 Å². The Labute approximate surface area is 184 Å². The SMILES string of the molecule is CC/C=C/CC1CCC(c2ccc(CCCCc3ccc(COC)cc3)cc2)CC1. The fourth-order valence-electron chi connectivity index (χ4n) is 4.77. The Hall–Kier alpha value is -1.86. The molecule has 1 heteroatoms. The average Bonchev–Trinajstić information content (AvgIpc) is 2.79. The van der Waals surface area contributed by atoms with Crippen LogP contribution in [0.25, 0.3) is 0 Å². The molecule has 3 rings (SSSR count). The molecule has 0 bridgehead atoms. The predicted molar refractivity (Wildman–Crippen MR) is 129 cm³/mol. The normalized spacial score (nSPS) is 19.4. The first-order chi connectivity index (χ1) is 14.8. The molecular weight excluding hydrogens is 364 g/mol. The first-order valence-electron chi connectivity index (χ1n) is 12.1. The fraction of sp³-hybridized carbons (Fsp3) is 0.517. The zero-order valence-corrected chi connectivity index (χ0v) is 19.1. The highest BCUT2D eigenvalue weighted by molar-refractivity contribution is 5.26. The maximum atomic E-state index is 5.18. The first-order valence-corrected chi connectivity index (χ1v) is 12.1. The molecule has 30 heavy (non-hydrogen) atoms. The molecule has 0 heterocycles. The monoisotopic (exact) mass is 404 g/mol. The van der Waals surface area contributed by atoms with Gasteiger partial charge in [0.25, 0.3) is 0 Å². The second-order valence-electron chi connectivity index (χ2n) is 9.03. The van der Waals surface area contributed by atoms with Crippen LogP contribution in [0.2, 0.25) is 0 Å². The summed E-state index contributed by atoms with van der Waals surface area (Å²) < 4.78 is 5.18. The number of hydrogen-bond donors (Lipinski definition) is 0. The molecule has 1 aliphatic carbocycles. The number of ether oxygens (including phenoxy) is 1. The van der Waals surface area contributed by atoms with Crippen LogP contribution in [-0.4, -0.2) is 7.11 Å². The summed E-state index contributed by atoms with van der Waals surface area (Å²) >= 11 is 0. The smallest absolute Gasteiger partial charge is 0.0713 e. The summed E-state index contributed by atoms with van der Waals surface area (Å²) in [6.07, 6.45) is 17.6. The van der Waals surface area contributed by atoms with Crippen LogP contribution in [0.1, 0.15) is 86.5 Å². The van der Waals surface area contributed by atoms with E-state index in [9.17, 15) is 0 Å². The van der Waals surface area contributed by atoms with Crippen LogP contribution in [0.5, 0.6) is 0 Å². The van der Waals surface area contributed by atoms with Crippen molar-refractivity contribution in [3.8, 4) is 0 Å². The summed E-state index contributed by atoms with van der Waals surface area (Å²) in [6.45, 7) is 2.92. The molecule has 2 aromatic carbocycles. The Morgan fingerprint density at radius 2 is 1.33 bits per heavy atom. The van der Waals surface area contributed by atoms with E-state index in [1.165, 1.54) is 80.9 Å². The van der Waals surface area contributed by atoms with E-state index < -0.39 is 0 Å². The van der Waals surface area contributed by atoms with Gasteiger partial charge in [0.1, 0.15) is 0 Å². The molecule has 1 nitrogen and oxygen atoms in total. The van der Waals surface area contributed by atoms with Crippen LogP contribution in [0.4, 0.5) is 0 Å². The zero-order chi connectivity index (χ0) is 21.0. The van der Waals surface area contributed by atoms with Crippen LogP contribution in [0.3, 0.4) is 0 Å². The number of allylic oxidation sites excluding steroid dienone is 2. The van der Waals surface area contributed by atoms with Crippen molar-refractivity contribution in [2.24, 2.45) is 5.92 Å². The Morgan fingerprint density at radius 3 is 1.90 bits per heavy atom. The van der Waals surface area contributed by atoms with Crippen LogP contribution in [0.15, 0.2) is 60.7 Å². The lowest BCUT2D eigenvalue weighted by molar-refractivity contribution is 0.185. The Bertz CT molecular complexity index is 733. The van der Waals surface area contributed by atoms with Gasteiger partial charge in [0, 0.05) is 7.11 Å². The summed E-state index contributed by atoms with van der Waals surface area (Å²) in [7, 11) is 1.75. The van der Waals surface area contributed by atoms with Gasteiger partial charge in [-0.15, -0.1) is 0 Å². The minimum absolute atomic E-state index is 0.702. The number of methoxy groups -OCH3 is 1. The molecule has 2 aromatic rings. The molecule has 0 spiro atoms. The molecule has 0 aromatic heterocycles. The molecule has 1 saturated carbocycles. The average molecular weight is 405 g/mol. The fourth-order valence-corrected chi connectivity index (χ4v) is 4.77. The van der Waals surface area contributed by atoms with E-state index in [2.05, 4.69) is 67.6 Å². The van der Waals surface area contributed by atoms with E-state index in [0.29, 0.717) is 6.61 Å². The van der Waals surface area contributed by atoms with Crippen molar-refractivity contribution in [3.05, 3.63) is 82.9 Å². The van der Waals surface area contributed by atoms with Gasteiger partial charge >= 0.3 is 0 Å². The number of rotatable bonds is 11. The van der Waals surface area contributed by atoms with Gasteiger partial charge in [0.05, 0.1) is 6.61 Å². The molecular formula is C29H40O. The van der Waals surface area contributed by atoms with E-state index in [0.717, 1.165) is 11.8 Å². The predicted octanol–water partition coefficient (Wildman–Crippen LogP) is 8.03. The quantitative estimate of drug-likeness (QED) is 0.272. The molecule has 0 N–H and O–H groups in total. The highest BCUT2D eigenvalue weighted by atomic mass is 16.5. The van der Waals surface area contributed by atoms with Crippen molar-refractivity contribution >= 4 is 0 Å². The van der Waals surface area contributed by atoms with Crippen LogP contribution in [0, 0.1) is 5.92 Å². The molecule has 0 aliphatic heterocycles. The zero-order valence-electron chi connectivity index (χ0n) is 19.1. The van der Waals surface area contributed by atoms with Gasteiger partial charge in [-0.1, -0.05) is 67.6 Å². The number of aryl methyl sites for hydroxylation is 2. The number of unbranched alkanes of at least 4 members (excludes halogenated alkanes) is 1. The molecule has 0 saturated heterocycles. The van der Waals surface area contributed by atoms with Gasteiger partial charge in [-0.3, -0.25) is 0 Å². The van der Waals surface area contributed by atoms with Crippen molar-refractivity contribution in [2.75, 3.05) is 7.11 Å². The van der Waals surface area contributed by atoms with E-state index in [4.69, 9.17) is 4.74 Å². The molecule has 162 valence electrons. The van der Waals surface area contributed by atoms with Crippen molar-refractivity contribution in [1.82, 2.24) is 0 Å². The van der Waals surface area contributed by atoms with Gasteiger partial charge in [-0.2, -0.15) is 0 Å². The maximum Gasteiger partial charge on any atom is 0.0713 e. The standard InChI is InChI=1S/C29H40O/c1-3-4-5-8-25-15-19-28(20-16-25)29-21-17-26(18-22-29)10-7-6-9-24-11-13-27(14-12-24)23-30-2/h4-5,11-14,17-18,21-22,25,28H,3,6-10,15-16,19-20,23H2,1-2H3/b5-4+. The largest absolute Gasteiger partial charge is 0.380 e. The minimum atomic E-state index is 0.702. The maximum absolute atomic E-state index is 5.18. The highest BCUT2D eigenvalue weighted by Crippen LogP contribution is 2.37. The van der Waals surface area contributed by atoms with Crippen molar-refractivity contribution in [2.45, 2.75) is 83.7 Å². The highest BCUT2D eigenvalue weighted by Gasteiger charge is 2.21. The topological polar surface area (TPSA) is 9.23 Å². The number of benzene rings is 2. The molecule has 0 radical (unpaired) electrons. The summed E-state index contributed by atoms with van der Waals surface area (Å²) in [5, 5.41) is 0.